The number of methoxy groups -OCH3 is 1. The lowest BCUT2D eigenvalue weighted by atomic mass is 10.2. The minimum atomic E-state index is -0.634. The topological polar surface area (TPSA) is 71.1 Å². The van der Waals surface area contributed by atoms with E-state index in [0.29, 0.717) is 18.1 Å². The number of carbonyl (C=O) groups is 2. The summed E-state index contributed by atoms with van der Waals surface area (Å²) in [5.74, 6) is 0.0924. The van der Waals surface area contributed by atoms with E-state index in [4.69, 9.17) is 14.2 Å². The van der Waals surface area contributed by atoms with Crippen molar-refractivity contribution in [3.63, 3.8) is 0 Å². The first-order chi connectivity index (χ1) is 14.2. The molecule has 0 atom stereocenters. The minimum absolute atomic E-state index is 0.123. The standard InChI is InChI=1S/C23H20O6/c1-26-23(25)20-9-5-6-10-21(20)29-22(24)16-28-19-13-11-18(12-14-19)27-15-17-7-3-2-4-8-17/h2-14H,15-16H2,1H3. The van der Waals surface area contributed by atoms with Gasteiger partial charge in [-0.3, -0.25) is 0 Å². The van der Waals surface area contributed by atoms with Crippen molar-refractivity contribution in [3.05, 3.63) is 90.0 Å². The van der Waals surface area contributed by atoms with Crippen molar-refractivity contribution in [2.75, 3.05) is 13.7 Å². The molecule has 0 spiro atoms. The van der Waals surface area contributed by atoms with Gasteiger partial charge >= 0.3 is 11.9 Å². The van der Waals surface area contributed by atoms with Crippen molar-refractivity contribution in [3.8, 4) is 17.2 Å². The molecule has 0 N–H and O–H groups in total. The average molecular weight is 392 g/mol. The normalized spacial score (nSPS) is 10.1. The van der Waals surface area contributed by atoms with Crippen LogP contribution in [0.5, 0.6) is 17.2 Å². The number of hydrogen-bond acceptors (Lipinski definition) is 6. The number of benzene rings is 3. The Morgan fingerprint density at radius 3 is 2.07 bits per heavy atom. The van der Waals surface area contributed by atoms with Gasteiger partial charge < -0.3 is 18.9 Å². The van der Waals surface area contributed by atoms with Crippen molar-refractivity contribution < 1.29 is 28.5 Å². The quantitative estimate of drug-likeness (QED) is 0.426. The van der Waals surface area contributed by atoms with E-state index < -0.39 is 11.9 Å². The Morgan fingerprint density at radius 2 is 1.38 bits per heavy atom. The fraction of sp³-hybridized carbons (Fsp3) is 0.130. The van der Waals surface area contributed by atoms with E-state index in [1.165, 1.54) is 19.2 Å². The predicted octanol–water partition coefficient (Wildman–Crippen LogP) is 4.04. The van der Waals surface area contributed by atoms with E-state index in [9.17, 15) is 9.59 Å². The molecule has 0 saturated carbocycles. The lowest BCUT2D eigenvalue weighted by Crippen LogP contribution is -2.19. The highest BCUT2D eigenvalue weighted by Gasteiger charge is 2.15. The molecule has 0 aromatic heterocycles. The number of rotatable bonds is 8. The molecular formula is C23H20O6. The summed E-state index contributed by atoms with van der Waals surface area (Å²) in [6, 6.07) is 23.1. The molecule has 3 aromatic rings. The van der Waals surface area contributed by atoms with Crippen LogP contribution in [-0.2, 0) is 16.1 Å². The molecular weight excluding hydrogens is 372 g/mol. The lowest BCUT2D eigenvalue weighted by molar-refractivity contribution is -0.136. The Kier molecular flexibility index (Phi) is 6.84. The Morgan fingerprint density at radius 1 is 0.759 bits per heavy atom. The van der Waals surface area contributed by atoms with Gasteiger partial charge in [-0.2, -0.15) is 0 Å². The van der Waals surface area contributed by atoms with Crippen molar-refractivity contribution in [2.45, 2.75) is 6.61 Å². The first-order valence-corrected chi connectivity index (χ1v) is 8.93. The second kappa shape index (κ2) is 9.94. The van der Waals surface area contributed by atoms with Gasteiger partial charge in [0.25, 0.3) is 0 Å². The summed E-state index contributed by atoms with van der Waals surface area (Å²) in [6.07, 6.45) is 0. The summed E-state index contributed by atoms with van der Waals surface area (Å²) in [5, 5.41) is 0. The monoisotopic (exact) mass is 392 g/mol. The van der Waals surface area contributed by atoms with Crippen LogP contribution in [-0.4, -0.2) is 25.7 Å². The highest BCUT2D eigenvalue weighted by atomic mass is 16.6. The van der Waals surface area contributed by atoms with Crippen molar-refractivity contribution in [1.29, 1.82) is 0 Å². The molecule has 0 aliphatic rings. The Balaban J connectivity index is 1.50. The largest absolute Gasteiger partial charge is 0.489 e. The third-order valence-electron chi connectivity index (χ3n) is 3.94. The molecule has 0 radical (unpaired) electrons. The zero-order valence-corrected chi connectivity index (χ0v) is 15.9. The highest BCUT2D eigenvalue weighted by molar-refractivity contribution is 5.93. The van der Waals surface area contributed by atoms with Crippen LogP contribution < -0.4 is 14.2 Å². The van der Waals surface area contributed by atoms with E-state index in [0.717, 1.165) is 5.56 Å². The summed E-state index contributed by atoms with van der Waals surface area (Å²) in [5.41, 5.74) is 1.24. The lowest BCUT2D eigenvalue weighted by Gasteiger charge is -2.10. The van der Waals surface area contributed by atoms with Crippen LogP contribution in [0.2, 0.25) is 0 Å². The van der Waals surface area contributed by atoms with Crippen LogP contribution in [0.3, 0.4) is 0 Å². The molecule has 29 heavy (non-hydrogen) atoms. The van der Waals surface area contributed by atoms with Crippen molar-refractivity contribution in [2.24, 2.45) is 0 Å². The molecule has 3 rings (SSSR count). The van der Waals surface area contributed by atoms with E-state index in [2.05, 4.69) is 4.74 Å². The van der Waals surface area contributed by atoms with E-state index in [1.54, 1.807) is 36.4 Å². The first kappa shape index (κ1) is 19.9. The molecule has 6 nitrogen and oxygen atoms in total. The fourth-order valence-corrected chi connectivity index (χ4v) is 2.50. The Labute approximate surface area is 168 Å². The van der Waals surface area contributed by atoms with Gasteiger partial charge in [0.15, 0.2) is 6.61 Å². The maximum Gasteiger partial charge on any atom is 0.349 e. The number of hydrogen-bond donors (Lipinski definition) is 0. The summed E-state index contributed by atoms with van der Waals surface area (Å²) < 4.78 is 21.0. The SMILES string of the molecule is COC(=O)c1ccccc1OC(=O)COc1ccc(OCc2ccccc2)cc1. The molecule has 0 aliphatic heterocycles. The van der Waals surface area contributed by atoms with Gasteiger partial charge in [-0.1, -0.05) is 42.5 Å². The summed E-state index contributed by atoms with van der Waals surface area (Å²) >= 11 is 0. The highest BCUT2D eigenvalue weighted by Crippen LogP contribution is 2.21. The van der Waals surface area contributed by atoms with Gasteiger partial charge in [0.2, 0.25) is 0 Å². The molecule has 0 amide bonds. The molecule has 0 saturated heterocycles. The Hall–Kier alpha value is -3.80. The van der Waals surface area contributed by atoms with Crippen LogP contribution in [0.25, 0.3) is 0 Å². The van der Waals surface area contributed by atoms with E-state index in [1.807, 2.05) is 30.3 Å². The minimum Gasteiger partial charge on any atom is -0.489 e. The maximum absolute atomic E-state index is 12.1. The third-order valence-corrected chi connectivity index (χ3v) is 3.94. The van der Waals surface area contributed by atoms with Gasteiger partial charge in [-0.05, 0) is 42.0 Å². The molecule has 148 valence electrons. The maximum atomic E-state index is 12.1. The molecule has 0 fully saturated rings. The van der Waals surface area contributed by atoms with Crippen molar-refractivity contribution >= 4 is 11.9 Å². The Bertz CT molecular complexity index is 951. The van der Waals surface area contributed by atoms with Gasteiger partial charge in [0, 0.05) is 0 Å². The van der Waals surface area contributed by atoms with Crippen LogP contribution in [0.1, 0.15) is 15.9 Å². The zero-order chi connectivity index (χ0) is 20.5. The first-order valence-electron chi connectivity index (χ1n) is 8.93. The van der Waals surface area contributed by atoms with Crippen LogP contribution in [0, 0.1) is 0 Å². The zero-order valence-electron chi connectivity index (χ0n) is 15.9. The molecule has 3 aromatic carbocycles. The summed E-state index contributed by atoms with van der Waals surface area (Å²) in [6.45, 7) is 0.159. The van der Waals surface area contributed by atoms with Crippen LogP contribution in [0.15, 0.2) is 78.9 Å². The molecule has 0 unspecified atom stereocenters. The molecule has 0 aliphatic carbocycles. The van der Waals surface area contributed by atoms with Gasteiger partial charge in [0.1, 0.15) is 29.4 Å². The number of ether oxygens (including phenoxy) is 4. The predicted molar refractivity (Wildman–Crippen MR) is 106 cm³/mol. The number of para-hydroxylation sites is 1. The fourth-order valence-electron chi connectivity index (χ4n) is 2.50. The van der Waals surface area contributed by atoms with Gasteiger partial charge in [0.05, 0.1) is 7.11 Å². The van der Waals surface area contributed by atoms with Gasteiger partial charge in [-0.25, -0.2) is 9.59 Å². The smallest absolute Gasteiger partial charge is 0.349 e. The molecule has 6 heteroatoms. The van der Waals surface area contributed by atoms with Crippen molar-refractivity contribution in [1.82, 2.24) is 0 Å². The molecule has 0 bridgehead atoms. The summed E-state index contributed by atoms with van der Waals surface area (Å²) in [7, 11) is 1.26. The van der Waals surface area contributed by atoms with E-state index in [-0.39, 0.29) is 17.9 Å². The van der Waals surface area contributed by atoms with E-state index >= 15 is 0 Å². The van der Waals surface area contributed by atoms with Crippen LogP contribution in [0.4, 0.5) is 0 Å². The van der Waals surface area contributed by atoms with Crippen LogP contribution >= 0.6 is 0 Å². The second-order valence-corrected chi connectivity index (χ2v) is 6.00. The number of esters is 2. The number of carbonyl (C=O) groups excluding carboxylic acids is 2. The second-order valence-electron chi connectivity index (χ2n) is 6.00. The molecule has 0 heterocycles. The van der Waals surface area contributed by atoms with Gasteiger partial charge in [-0.15, -0.1) is 0 Å². The third kappa shape index (κ3) is 5.84. The average Bonchev–Trinajstić information content (AvgIpc) is 2.77. The summed E-state index contributed by atoms with van der Waals surface area (Å²) in [4.78, 5) is 23.8.